The maximum atomic E-state index is 13.0. The highest BCUT2D eigenvalue weighted by Gasteiger charge is 2.33. The lowest BCUT2D eigenvalue weighted by atomic mass is 9.88. The number of hydrogen-bond acceptors (Lipinski definition) is 5. The van der Waals surface area contributed by atoms with Crippen LogP contribution < -0.4 is 16.1 Å². The minimum Gasteiger partial charge on any atom is -0.349 e. The summed E-state index contributed by atoms with van der Waals surface area (Å²) in [5.41, 5.74) is 1.54. The maximum absolute atomic E-state index is 13.0. The normalized spacial score (nSPS) is 18.0. The molecular weight excluding hydrogens is 414 g/mol. The number of nitrogens with zero attached hydrogens (tertiary/aromatic N) is 5. The molecule has 7 heteroatoms. The predicted molar refractivity (Wildman–Crippen MR) is 132 cm³/mol. The molecule has 0 bridgehead atoms. The smallest absolute Gasteiger partial charge is 0.332 e. The monoisotopic (exact) mass is 447 g/mol. The summed E-state index contributed by atoms with van der Waals surface area (Å²) in [5.74, 6) is 0.829. The lowest BCUT2D eigenvalue weighted by Gasteiger charge is -2.43. The van der Waals surface area contributed by atoms with Crippen LogP contribution in [0.4, 0.5) is 5.82 Å². The predicted octanol–water partition coefficient (Wildman–Crippen LogP) is 4.17. The SMILES string of the molecule is Cn1c(=O)c2nc(-c3ccccc3)c(N(C3CCCCC3)C3CCCCC3)nc2n(C)c1=O. The Labute approximate surface area is 194 Å². The van der Waals surface area contributed by atoms with E-state index in [1.807, 2.05) is 30.3 Å². The summed E-state index contributed by atoms with van der Waals surface area (Å²) in [5, 5.41) is 0. The van der Waals surface area contributed by atoms with Gasteiger partial charge in [0.25, 0.3) is 5.56 Å². The standard InChI is InChI=1S/C26H33N5O2/c1-29-23-22(25(32)30(2)26(29)33)27-21(18-12-6-3-7-13-18)24(28-23)31(19-14-8-4-9-15-19)20-16-10-5-11-17-20/h3,6-7,12-13,19-20H,4-5,8-11,14-17H2,1-2H3. The minimum absolute atomic E-state index is 0.245. The summed E-state index contributed by atoms with van der Waals surface area (Å²) in [6.45, 7) is 0. The third kappa shape index (κ3) is 3.98. The van der Waals surface area contributed by atoms with Gasteiger partial charge in [-0.15, -0.1) is 0 Å². The number of benzene rings is 1. The Bertz CT molecular complexity index is 1230. The van der Waals surface area contributed by atoms with Crippen molar-refractivity contribution in [2.24, 2.45) is 14.1 Å². The summed E-state index contributed by atoms with van der Waals surface area (Å²) in [6, 6.07) is 10.9. The van der Waals surface area contributed by atoms with Crippen LogP contribution in [0.2, 0.25) is 0 Å². The zero-order chi connectivity index (χ0) is 22.9. The zero-order valence-corrected chi connectivity index (χ0v) is 19.7. The van der Waals surface area contributed by atoms with Crippen molar-refractivity contribution in [2.45, 2.75) is 76.3 Å². The second kappa shape index (κ2) is 9.12. The summed E-state index contributed by atoms with van der Waals surface area (Å²) in [6.07, 6.45) is 12.1. The molecule has 0 aliphatic heterocycles. The quantitative estimate of drug-likeness (QED) is 0.600. The van der Waals surface area contributed by atoms with Crippen molar-refractivity contribution < 1.29 is 0 Å². The highest BCUT2D eigenvalue weighted by atomic mass is 16.2. The molecule has 5 rings (SSSR count). The van der Waals surface area contributed by atoms with E-state index >= 15 is 0 Å². The van der Waals surface area contributed by atoms with Crippen LogP contribution in [0.5, 0.6) is 0 Å². The summed E-state index contributed by atoms with van der Waals surface area (Å²) in [4.78, 5) is 38.2. The molecule has 0 saturated heterocycles. The van der Waals surface area contributed by atoms with Crippen molar-refractivity contribution in [2.75, 3.05) is 4.90 Å². The molecule has 2 saturated carbocycles. The summed E-state index contributed by atoms with van der Waals surface area (Å²) >= 11 is 0. The van der Waals surface area contributed by atoms with Crippen LogP contribution in [0.25, 0.3) is 22.4 Å². The van der Waals surface area contributed by atoms with Gasteiger partial charge in [-0.1, -0.05) is 68.9 Å². The summed E-state index contributed by atoms with van der Waals surface area (Å²) in [7, 11) is 3.18. The van der Waals surface area contributed by atoms with Gasteiger partial charge in [0.1, 0.15) is 5.69 Å². The molecule has 33 heavy (non-hydrogen) atoms. The van der Waals surface area contributed by atoms with Gasteiger partial charge < -0.3 is 4.90 Å². The molecule has 0 unspecified atom stereocenters. The van der Waals surface area contributed by atoms with Crippen LogP contribution >= 0.6 is 0 Å². The third-order valence-corrected chi connectivity index (χ3v) is 7.49. The largest absolute Gasteiger partial charge is 0.349 e. The number of anilines is 1. The molecule has 2 aromatic heterocycles. The molecule has 0 atom stereocenters. The van der Waals surface area contributed by atoms with Crippen LogP contribution in [-0.4, -0.2) is 31.2 Å². The van der Waals surface area contributed by atoms with Gasteiger partial charge in [-0.05, 0) is 25.7 Å². The fourth-order valence-corrected chi connectivity index (χ4v) is 5.69. The van der Waals surface area contributed by atoms with Crippen LogP contribution in [0.1, 0.15) is 64.2 Å². The van der Waals surface area contributed by atoms with Crippen LogP contribution in [0, 0.1) is 0 Å². The van der Waals surface area contributed by atoms with Crippen LogP contribution in [-0.2, 0) is 14.1 Å². The Balaban J connectivity index is 1.79. The van der Waals surface area contributed by atoms with E-state index in [4.69, 9.17) is 9.97 Å². The maximum Gasteiger partial charge on any atom is 0.332 e. The van der Waals surface area contributed by atoms with E-state index in [2.05, 4.69) is 4.90 Å². The molecule has 2 fully saturated rings. The molecule has 1 aromatic carbocycles. The average molecular weight is 448 g/mol. The fraction of sp³-hybridized carbons (Fsp3) is 0.538. The third-order valence-electron chi connectivity index (χ3n) is 7.49. The highest BCUT2D eigenvalue weighted by Crippen LogP contribution is 2.38. The first kappa shape index (κ1) is 21.9. The van der Waals surface area contributed by atoms with E-state index in [-0.39, 0.29) is 11.2 Å². The van der Waals surface area contributed by atoms with E-state index in [1.165, 1.54) is 50.1 Å². The number of aromatic nitrogens is 4. The Hall–Kier alpha value is -2.96. The molecule has 0 amide bonds. The molecule has 2 aliphatic rings. The van der Waals surface area contributed by atoms with Crippen molar-refractivity contribution in [1.29, 1.82) is 0 Å². The molecule has 174 valence electrons. The van der Waals surface area contributed by atoms with Crippen molar-refractivity contribution in [3.8, 4) is 11.3 Å². The molecular formula is C26H33N5O2. The van der Waals surface area contributed by atoms with E-state index in [1.54, 1.807) is 7.05 Å². The zero-order valence-electron chi connectivity index (χ0n) is 19.7. The molecule has 2 heterocycles. The first-order chi connectivity index (χ1) is 16.1. The summed E-state index contributed by atoms with van der Waals surface area (Å²) < 4.78 is 2.58. The van der Waals surface area contributed by atoms with Gasteiger partial charge in [0.2, 0.25) is 0 Å². The van der Waals surface area contributed by atoms with Gasteiger partial charge in [0.15, 0.2) is 17.0 Å². The molecule has 3 aromatic rings. The van der Waals surface area contributed by atoms with Gasteiger partial charge in [-0.25, -0.2) is 14.8 Å². The molecule has 2 aliphatic carbocycles. The van der Waals surface area contributed by atoms with E-state index in [9.17, 15) is 9.59 Å². The molecule has 0 N–H and O–H groups in total. The Morgan fingerprint density at radius 3 is 1.94 bits per heavy atom. The van der Waals surface area contributed by atoms with Crippen LogP contribution in [0.3, 0.4) is 0 Å². The van der Waals surface area contributed by atoms with Crippen molar-refractivity contribution in [3.63, 3.8) is 0 Å². The van der Waals surface area contributed by atoms with Crippen LogP contribution in [0.15, 0.2) is 39.9 Å². The molecule has 7 nitrogen and oxygen atoms in total. The average Bonchev–Trinajstić information content (AvgIpc) is 2.88. The lowest BCUT2D eigenvalue weighted by molar-refractivity contribution is 0.338. The van der Waals surface area contributed by atoms with Gasteiger partial charge >= 0.3 is 5.69 Å². The second-order valence-corrected chi connectivity index (χ2v) is 9.63. The number of hydrogen-bond donors (Lipinski definition) is 0. The second-order valence-electron chi connectivity index (χ2n) is 9.63. The number of rotatable bonds is 4. The first-order valence-corrected chi connectivity index (χ1v) is 12.4. The Morgan fingerprint density at radius 2 is 1.36 bits per heavy atom. The van der Waals surface area contributed by atoms with Crippen molar-refractivity contribution in [3.05, 3.63) is 51.2 Å². The van der Waals surface area contributed by atoms with Gasteiger partial charge in [-0.2, -0.15) is 0 Å². The van der Waals surface area contributed by atoms with E-state index < -0.39 is 5.56 Å². The molecule has 0 radical (unpaired) electrons. The van der Waals surface area contributed by atoms with Crippen molar-refractivity contribution in [1.82, 2.24) is 19.1 Å². The molecule has 0 spiro atoms. The Kier molecular flexibility index (Phi) is 6.04. The number of aryl methyl sites for hydroxylation is 1. The van der Waals surface area contributed by atoms with Gasteiger partial charge in [-0.3, -0.25) is 13.9 Å². The first-order valence-electron chi connectivity index (χ1n) is 12.4. The van der Waals surface area contributed by atoms with Gasteiger partial charge in [0.05, 0.1) is 0 Å². The van der Waals surface area contributed by atoms with E-state index in [0.29, 0.717) is 17.7 Å². The van der Waals surface area contributed by atoms with E-state index in [0.717, 1.165) is 47.3 Å². The lowest BCUT2D eigenvalue weighted by Crippen LogP contribution is -2.46. The van der Waals surface area contributed by atoms with Gasteiger partial charge in [0, 0.05) is 31.7 Å². The topological polar surface area (TPSA) is 73.0 Å². The number of fused-ring (bicyclic) bond motifs is 1. The highest BCUT2D eigenvalue weighted by molar-refractivity contribution is 5.81. The van der Waals surface area contributed by atoms with Crippen molar-refractivity contribution >= 4 is 17.0 Å². The fourth-order valence-electron chi connectivity index (χ4n) is 5.69. The Morgan fingerprint density at radius 1 is 0.788 bits per heavy atom. The minimum atomic E-state index is -0.397.